The standard InChI is InChI=1S/C82H160O17P2/c1-8-10-11-12-13-14-35-42-49-56-63-79(84)92-69-78(99-82(87)66-59-52-45-38-31-33-40-47-54-61-74(5)6)72-97-101(90,91)95-68-76(83)67-94-100(88,89)96-71-77(70-93-80(85)64-57-50-43-36-29-25-22-21-24-28-34-41-48-55-62-75(7)9-2)98-81(86)65-58-51-44-37-30-26-20-18-16-15-17-19-23-27-32-39-46-53-60-73(3)4/h73-78,83H,8-72H2,1-7H3,(H,88,89)(H,90,91)/t75?,76-,77-,78-/m1/s1. The molecule has 0 aromatic rings. The number of ether oxygens (including phenoxy) is 4. The quantitative estimate of drug-likeness (QED) is 0.0222. The van der Waals surface area contributed by atoms with E-state index in [1.807, 2.05) is 0 Å². The van der Waals surface area contributed by atoms with Gasteiger partial charge in [0, 0.05) is 25.7 Å². The monoisotopic (exact) mass is 1480 g/mol. The van der Waals surface area contributed by atoms with Gasteiger partial charge in [0.15, 0.2) is 12.2 Å². The van der Waals surface area contributed by atoms with E-state index in [2.05, 4.69) is 48.5 Å². The number of aliphatic hydroxyl groups is 1. The number of phosphoric acid groups is 2. The third-order valence-corrected chi connectivity index (χ3v) is 21.4. The molecule has 6 atom stereocenters. The van der Waals surface area contributed by atoms with Gasteiger partial charge in [-0.05, 0) is 43.4 Å². The van der Waals surface area contributed by atoms with Crippen LogP contribution in [0, 0.1) is 17.8 Å². The van der Waals surface area contributed by atoms with Crippen LogP contribution in [0.4, 0.5) is 0 Å². The highest BCUT2D eigenvalue weighted by atomic mass is 31.2. The number of aliphatic hydroxyl groups excluding tert-OH is 1. The summed E-state index contributed by atoms with van der Waals surface area (Å²) in [5, 5.41) is 10.6. The van der Waals surface area contributed by atoms with Crippen molar-refractivity contribution in [1.29, 1.82) is 0 Å². The Morgan fingerprint density at radius 2 is 0.505 bits per heavy atom. The molecule has 0 bridgehead atoms. The van der Waals surface area contributed by atoms with Crippen molar-refractivity contribution in [2.24, 2.45) is 17.8 Å². The maximum atomic E-state index is 13.1. The highest BCUT2D eigenvalue weighted by molar-refractivity contribution is 7.47. The van der Waals surface area contributed by atoms with Gasteiger partial charge in [-0.1, -0.05) is 376 Å². The molecule has 0 aliphatic heterocycles. The highest BCUT2D eigenvalue weighted by Crippen LogP contribution is 2.45. The molecule has 17 nitrogen and oxygen atoms in total. The molecule has 0 aliphatic rings. The molecule has 3 unspecified atom stereocenters. The van der Waals surface area contributed by atoms with E-state index in [0.29, 0.717) is 25.7 Å². The van der Waals surface area contributed by atoms with Gasteiger partial charge in [-0.2, -0.15) is 0 Å². The second kappa shape index (κ2) is 72.3. The maximum Gasteiger partial charge on any atom is 0.472 e. The zero-order valence-corrected chi connectivity index (χ0v) is 68.2. The van der Waals surface area contributed by atoms with Gasteiger partial charge in [-0.3, -0.25) is 37.3 Å². The van der Waals surface area contributed by atoms with E-state index in [4.69, 9.17) is 37.0 Å². The lowest BCUT2D eigenvalue weighted by atomic mass is 9.99. The minimum atomic E-state index is -4.96. The van der Waals surface area contributed by atoms with Gasteiger partial charge in [0.2, 0.25) is 0 Å². The summed E-state index contributed by atoms with van der Waals surface area (Å²) in [5.41, 5.74) is 0. The molecule has 0 aromatic carbocycles. The van der Waals surface area contributed by atoms with E-state index in [1.54, 1.807) is 0 Å². The highest BCUT2D eigenvalue weighted by Gasteiger charge is 2.30. The van der Waals surface area contributed by atoms with E-state index >= 15 is 0 Å². The number of carbonyl (C=O) groups is 4. The normalized spacial score (nSPS) is 14.2. The van der Waals surface area contributed by atoms with Crippen molar-refractivity contribution in [3.05, 3.63) is 0 Å². The molecule has 0 amide bonds. The van der Waals surface area contributed by atoms with Gasteiger partial charge in [-0.15, -0.1) is 0 Å². The van der Waals surface area contributed by atoms with Crippen LogP contribution in [0.15, 0.2) is 0 Å². The molecule has 101 heavy (non-hydrogen) atoms. The number of hydrogen-bond donors (Lipinski definition) is 3. The molecule has 0 aromatic heterocycles. The fraction of sp³-hybridized carbons (Fsp3) is 0.951. The van der Waals surface area contributed by atoms with Crippen LogP contribution in [0.2, 0.25) is 0 Å². The molecule has 0 heterocycles. The Bertz CT molecular complexity index is 1960. The molecular weight excluding hydrogens is 1320 g/mol. The summed E-state index contributed by atoms with van der Waals surface area (Å²) in [5.74, 6) is 0.296. The van der Waals surface area contributed by atoms with Crippen molar-refractivity contribution in [2.45, 2.75) is 446 Å². The van der Waals surface area contributed by atoms with Crippen LogP contribution in [0.1, 0.15) is 427 Å². The van der Waals surface area contributed by atoms with Gasteiger partial charge >= 0.3 is 39.5 Å². The molecule has 0 aliphatic carbocycles. The van der Waals surface area contributed by atoms with E-state index in [-0.39, 0.29) is 25.7 Å². The van der Waals surface area contributed by atoms with Gasteiger partial charge in [0.1, 0.15) is 19.3 Å². The molecule has 0 rings (SSSR count). The van der Waals surface area contributed by atoms with Crippen molar-refractivity contribution >= 4 is 39.5 Å². The molecule has 0 spiro atoms. The summed E-state index contributed by atoms with van der Waals surface area (Å²) in [7, 11) is -9.92. The van der Waals surface area contributed by atoms with Gasteiger partial charge in [0.25, 0.3) is 0 Å². The molecular formula is C82H160O17P2. The van der Waals surface area contributed by atoms with Crippen molar-refractivity contribution < 1.29 is 80.2 Å². The topological polar surface area (TPSA) is 237 Å². The fourth-order valence-corrected chi connectivity index (χ4v) is 14.2. The smallest absolute Gasteiger partial charge is 0.462 e. The van der Waals surface area contributed by atoms with Gasteiger partial charge in [-0.25, -0.2) is 9.13 Å². The SMILES string of the molecule is CCCCCCCCCCCCC(=O)OC[C@H](COP(=O)(O)OC[C@H](O)COP(=O)(O)OC[C@@H](COC(=O)CCCCCCCCCCCCCCCCC(C)CC)OC(=O)CCCCCCCCCCCCCCCCCCCCC(C)C)OC(=O)CCCCCCCCCCCC(C)C. The molecule has 600 valence electrons. The molecule has 0 fully saturated rings. The second-order valence-corrected chi connectivity index (χ2v) is 33.6. The lowest BCUT2D eigenvalue weighted by Gasteiger charge is -2.21. The first-order valence-corrected chi connectivity index (χ1v) is 45.4. The minimum Gasteiger partial charge on any atom is -0.462 e. The predicted octanol–water partition coefficient (Wildman–Crippen LogP) is 24.5. The van der Waals surface area contributed by atoms with Crippen LogP contribution in [-0.4, -0.2) is 96.7 Å². The zero-order chi connectivity index (χ0) is 74.4. The average molecular weight is 1480 g/mol. The molecule has 0 saturated carbocycles. The average Bonchev–Trinajstić information content (AvgIpc) is 0.958. The summed E-state index contributed by atoms with van der Waals surface area (Å²) >= 11 is 0. The van der Waals surface area contributed by atoms with Crippen LogP contribution in [0.25, 0.3) is 0 Å². The van der Waals surface area contributed by atoms with Crippen LogP contribution in [0.5, 0.6) is 0 Å². The number of carbonyl (C=O) groups excluding carboxylic acids is 4. The lowest BCUT2D eigenvalue weighted by Crippen LogP contribution is -2.30. The Morgan fingerprint density at radius 1 is 0.287 bits per heavy atom. The van der Waals surface area contributed by atoms with Crippen LogP contribution < -0.4 is 0 Å². The Labute approximate surface area is 619 Å². The Kier molecular flexibility index (Phi) is 70.9. The molecule has 0 radical (unpaired) electrons. The third kappa shape index (κ3) is 74.7. The number of esters is 4. The molecule has 19 heteroatoms. The van der Waals surface area contributed by atoms with E-state index < -0.39 is 97.5 Å². The van der Waals surface area contributed by atoms with E-state index in [1.165, 1.54) is 238 Å². The van der Waals surface area contributed by atoms with Crippen LogP contribution in [0.3, 0.4) is 0 Å². The van der Waals surface area contributed by atoms with Crippen LogP contribution >= 0.6 is 15.6 Å². The zero-order valence-electron chi connectivity index (χ0n) is 66.4. The van der Waals surface area contributed by atoms with Crippen molar-refractivity contribution in [3.8, 4) is 0 Å². The largest absolute Gasteiger partial charge is 0.472 e. The predicted molar refractivity (Wildman–Crippen MR) is 414 cm³/mol. The summed E-state index contributed by atoms with van der Waals surface area (Å²) in [4.78, 5) is 73.0. The minimum absolute atomic E-state index is 0.105. The third-order valence-electron chi connectivity index (χ3n) is 19.5. The Hall–Kier alpha value is -1.94. The number of phosphoric ester groups is 2. The first kappa shape index (κ1) is 99.1. The first-order chi connectivity index (χ1) is 48.8. The lowest BCUT2D eigenvalue weighted by molar-refractivity contribution is -0.161. The second-order valence-electron chi connectivity index (χ2n) is 30.7. The number of rotatable bonds is 80. The molecule has 3 N–H and O–H groups in total. The number of hydrogen-bond acceptors (Lipinski definition) is 15. The van der Waals surface area contributed by atoms with Gasteiger partial charge in [0.05, 0.1) is 26.4 Å². The van der Waals surface area contributed by atoms with E-state index in [9.17, 15) is 43.2 Å². The Balaban J connectivity index is 5.22. The van der Waals surface area contributed by atoms with Crippen LogP contribution in [-0.2, 0) is 65.4 Å². The fourth-order valence-electron chi connectivity index (χ4n) is 12.6. The number of unbranched alkanes of at least 4 members (excludes halogenated alkanes) is 47. The van der Waals surface area contributed by atoms with E-state index in [0.717, 1.165) is 108 Å². The summed E-state index contributed by atoms with van der Waals surface area (Å²) in [6, 6.07) is 0. The van der Waals surface area contributed by atoms with Crippen molar-refractivity contribution in [1.82, 2.24) is 0 Å². The van der Waals surface area contributed by atoms with Crippen molar-refractivity contribution in [2.75, 3.05) is 39.6 Å². The van der Waals surface area contributed by atoms with Gasteiger partial charge < -0.3 is 33.8 Å². The van der Waals surface area contributed by atoms with Crippen molar-refractivity contribution in [3.63, 3.8) is 0 Å². The Morgan fingerprint density at radius 3 is 0.752 bits per heavy atom. The summed E-state index contributed by atoms with van der Waals surface area (Å²) < 4.78 is 68.7. The molecule has 0 saturated heterocycles. The first-order valence-electron chi connectivity index (χ1n) is 42.4. The maximum absolute atomic E-state index is 13.1. The summed E-state index contributed by atoms with van der Waals surface area (Å²) in [6.45, 7) is 12.0. The summed E-state index contributed by atoms with van der Waals surface area (Å²) in [6.07, 6.45) is 61.0.